The molecular weight excluding hydrogens is 391 g/mol. The highest BCUT2D eigenvalue weighted by molar-refractivity contribution is 9.10. The van der Waals surface area contributed by atoms with Crippen LogP contribution in [0.1, 0.15) is 32.6 Å². The highest BCUT2D eigenvalue weighted by Gasteiger charge is 2.33. The van der Waals surface area contributed by atoms with Gasteiger partial charge in [-0.15, -0.1) is 11.3 Å². The molecule has 1 aromatic carbocycles. The number of thiophene rings is 1. The van der Waals surface area contributed by atoms with Gasteiger partial charge in [-0.2, -0.15) is 13.2 Å². The van der Waals surface area contributed by atoms with Crippen molar-refractivity contribution in [2.24, 2.45) is 0 Å². The molecule has 1 heterocycles. The van der Waals surface area contributed by atoms with Gasteiger partial charge in [-0.05, 0) is 53.9 Å². The zero-order valence-electron chi connectivity index (χ0n) is 12.5. The van der Waals surface area contributed by atoms with Gasteiger partial charge in [0, 0.05) is 15.4 Å². The molecule has 0 aliphatic heterocycles. The molecule has 0 saturated carbocycles. The lowest BCUT2D eigenvalue weighted by Gasteiger charge is -2.17. The van der Waals surface area contributed by atoms with Gasteiger partial charge in [0.05, 0.1) is 10.4 Å². The smallest absolute Gasteiger partial charge is 0.349 e. The maximum atomic E-state index is 13.0. The standard InChI is InChI=1S/C16H15BrF3NOS/c1-9(21-15(22)14-8-13(17)10(2)23-14)7-11-5-3-4-6-12(11)16(18,19)20/h3-6,8-9H,7H2,1-2H3,(H,21,22). The van der Waals surface area contributed by atoms with Gasteiger partial charge in [0.1, 0.15) is 0 Å². The molecule has 1 amide bonds. The molecule has 2 nitrogen and oxygen atoms in total. The van der Waals surface area contributed by atoms with E-state index < -0.39 is 17.8 Å². The van der Waals surface area contributed by atoms with Gasteiger partial charge in [-0.1, -0.05) is 18.2 Å². The van der Waals surface area contributed by atoms with E-state index in [1.54, 1.807) is 19.1 Å². The number of carbonyl (C=O) groups excluding carboxylic acids is 1. The monoisotopic (exact) mass is 405 g/mol. The van der Waals surface area contributed by atoms with Crippen LogP contribution in [-0.2, 0) is 12.6 Å². The second-order valence-electron chi connectivity index (χ2n) is 5.25. The van der Waals surface area contributed by atoms with Crippen molar-refractivity contribution < 1.29 is 18.0 Å². The second kappa shape index (κ2) is 7.05. The molecule has 124 valence electrons. The molecule has 0 saturated heterocycles. The van der Waals surface area contributed by atoms with Crippen molar-refractivity contribution in [3.05, 3.63) is 55.7 Å². The van der Waals surface area contributed by atoms with Crippen molar-refractivity contribution in [3.8, 4) is 0 Å². The van der Waals surface area contributed by atoms with E-state index in [2.05, 4.69) is 21.2 Å². The fourth-order valence-corrected chi connectivity index (χ4v) is 3.66. The zero-order valence-corrected chi connectivity index (χ0v) is 14.9. The zero-order chi connectivity index (χ0) is 17.2. The highest BCUT2D eigenvalue weighted by Crippen LogP contribution is 2.32. The number of halogens is 4. The van der Waals surface area contributed by atoms with E-state index >= 15 is 0 Å². The molecule has 1 aromatic heterocycles. The Kier molecular flexibility index (Phi) is 5.52. The topological polar surface area (TPSA) is 29.1 Å². The minimum atomic E-state index is -4.39. The molecule has 0 radical (unpaired) electrons. The summed E-state index contributed by atoms with van der Waals surface area (Å²) in [6.45, 7) is 3.58. The number of aryl methyl sites for hydroxylation is 1. The molecule has 1 unspecified atom stereocenters. The number of benzene rings is 1. The van der Waals surface area contributed by atoms with Crippen LogP contribution in [-0.4, -0.2) is 11.9 Å². The molecule has 1 atom stereocenters. The van der Waals surface area contributed by atoms with E-state index in [0.29, 0.717) is 4.88 Å². The van der Waals surface area contributed by atoms with Crippen molar-refractivity contribution in [2.75, 3.05) is 0 Å². The van der Waals surface area contributed by atoms with Crippen molar-refractivity contribution in [1.82, 2.24) is 5.32 Å². The van der Waals surface area contributed by atoms with Gasteiger partial charge >= 0.3 is 6.18 Å². The first-order valence-electron chi connectivity index (χ1n) is 6.90. The van der Waals surface area contributed by atoms with Crippen LogP contribution in [0, 0.1) is 6.92 Å². The molecule has 7 heteroatoms. The van der Waals surface area contributed by atoms with Crippen LogP contribution in [0.5, 0.6) is 0 Å². The van der Waals surface area contributed by atoms with Gasteiger partial charge in [-0.25, -0.2) is 0 Å². The van der Waals surface area contributed by atoms with Crippen LogP contribution in [0.25, 0.3) is 0 Å². The second-order valence-corrected chi connectivity index (χ2v) is 7.36. The summed E-state index contributed by atoms with van der Waals surface area (Å²) in [7, 11) is 0. The molecule has 1 N–H and O–H groups in total. The molecule has 0 aliphatic rings. The maximum Gasteiger partial charge on any atom is 0.416 e. The van der Waals surface area contributed by atoms with Crippen LogP contribution in [0.4, 0.5) is 13.2 Å². The minimum absolute atomic E-state index is 0.118. The first-order chi connectivity index (χ1) is 10.7. The third-order valence-electron chi connectivity index (χ3n) is 3.31. The first-order valence-corrected chi connectivity index (χ1v) is 8.51. The number of nitrogens with one attached hydrogen (secondary N) is 1. The van der Waals surface area contributed by atoms with Crippen molar-refractivity contribution >= 4 is 33.2 Å². The summed E-state index contributed by atoms with van der Waals surface area (Å²) in [4.78, 5) is 13.7. The van der Waals surface area contributed by atoms with Gasteiger partial charge in [0.25, 0.3) is 5.91 Å². The van der Waals surface area contributed by atoms with Crippen molar-refractivity contribution in [3.63, 3.8) is 0 Å². The van der Waals surface area contributed by atoms with E-state index in [0.717, 1.165) is 15.4 Å². The summed E-state index contributed by atoms with van der Waals surface area (Å²) < 4.78 is 39.8. The summed E-state index contributed by atoms with van der Waals surface area (Å²) in [5.74, 6) is -0.277. The predicted molar refractivity (Wildman–Crippen MR) is 88.8 cm³/mol. The van der Waals surface area contributed by atoms with Crippen LogP contribution < -0.4 is 5.32 Å². The van der Waals surface area contributed by atoms with Gasteiger partial charge in [0.15, 0.2) is 0 Å². The Bertz CT molecular complexity index is 692. The number of carbonyl (C=O) groups is 1. The van der Waals surface area contributed by atoms with E-state index in [9.17, 15) is 18.0 Å². The van der Waals surface area contributed by atoms with E-state index in [-0.39, 0.29) is 17.9 Å². The Morgan fingerprint density at radius 3 is 2.57 bits per heavy atom. The molecule has 2 aromatic rings. The minimum Gasteiger partial charge on any atom is -0.349 e. The highest BCUT2D eigenvalue weighted by atomic mass is 79.9. The van der Waals surface area contributed by atoms with Crippen molar-refractivity contribution in [1.29, 1.82) is 0 Å². The number of alkyl halides is 3. The van der Waals surface area contributed by atoms with E-state index in [1.807, 2.05) is 6.92 Å². The summed E-state index contributed by atoms with van der Waals surface area (Å²) in [5.41, 5.74) is -0.479. The number of amides is 1. The maximum absolute atomic E-state index is 13.0. The molecule has 0 aliphatic carbocycles. The van der Waals surface area contributed by atoms with Gasteiger partial charge in [0.2, 0.25) is 0 Å². The number of rotatable bonds is 4. The summed E-state index contributed by atoms with van der Waals surface area (Å²) >= 11 is 4.68. The van der Waals surface area contributed by atoms with Crippen molar-refractivity contribution in [2.45, 2.75) is 32.5 Å². The normalized spacial score (nSPS) is 13.0. The van der Waals surface area contributed by atoms with Crippen LogP contribution in [0.3, 0.4) is 0 Å². The average molecular weight is 406 g/mol. The van der Waals surface area contributed by atoms with Crippen LogP contribution in [0.2, 0.25) is 0 Å². The van der Waals surface area contributed by atoms with E-state index in [4.69, 9.17) is 0 Å². The Hall–Kier alpha value is -1.34. The lowest BCUT2D eigenvalue weighted by atomic mass is 10.0. The molecular formula is C16H15BrF3NOS. The fourth-order valence-electron chi connectivity index (χ4n) is 2.22. The SMILES string of the molecule is Cc1sc(C(=O)NC(C)Cc2ccccc2C(F)(F)F)cc1Br. The Morgan fingerprint density at radius 2 is 2.00 bits per heavy atom. The molecule has 0 fully saturated rings. The Labute approximate surface area is 144 Å². The third-order valence-corrected chi connectivity index (χ3v) is 5.44. The van der Waals surface area contributed by atoms with Gasteiger partial charge in [-0.3, -0.25) is 4.79 Å². The number of hydrogen-bond acceptors (Lipinski definition) is 2. The fraction of sp³-hybridized carbons (Fsp3) is 0.312. The summed E-state index contributed by atoms with van der Waals surface area (Å²) in [6, 6.07) is 6.74. The molecule has 0 bridgehead atoms. The Morgan fingerprint density at radius 1 is 1.35 bits per heavy atom. The molecule has 2 rings (SSSR count). The summed E-state index contributed by atoms with van der Waals surface area (Å²) in [6.07, 6.45) is -4.27. The third kappa shape index (κ3) is 4.57. The Balaban J connectivity index is 2.08. The van der Waals surface area contributed by atoms with Crippen LogP contribution >= 0.6 is 27.3 Å². The average Bonchev–Trinajstić information content (AvgIpc) is 2.78. The summed E-state index contributed by atoms with van der Waals surface area (Å²) in [5, 5.41) is 2.75. The molecule has 23 heavy (non-hydrogen) atoms. The van der Waals surface area contributed by atoms with Gasteiger partial charge < -0.3 is 5.32 Å². The lowest BCUT2D eigenvalue weighted by molar-refractivity contribution is -0.138. The lowest BCUT2D eigenvalue weighted by Crippen LogP contribution is -2.34. The van der Waals surface area contributed by atoms with Crippen LogP contribution in [0.15, 0.2) is 34.8 Å². The number of hydrogen-bond donors (Lipinski definition) is 1. The first kappa shape index (κ1) is 18.0. The van der Waals surface area contributed by atoms with E-state index in [1.165, 1.54) is 23.5 Å². The quantitative estimate of drug-likeness (QED) is 0.743. The largest absolute Gasteiger partial charge is 0.416 e. The molecule has 0 spiro atoms. The predicted octanol–water partition coefficient (Wildman–Crippen LogP) is 5.20.